The molecule has 1 unspecified atom stereocenters. The van der Waals surface area contributed by atoms with Gasteiger partial charge in [-0.25, -0.2) is 9.50 Å². The first-order chi connectivity index (χ1) is 14.4. The van der Waals surface area contributed by atoms with Crippen molar-refractivity contribution in [3.05, 3.63) is 42.7 Å². The van der Waals surface area contributed by atoms with Crippen LogP contribution in [0.15, 0.2) is 37.1 Å². The van der Waals surface area contributed by atoms with Crippen LogP contribution in [0, 0.1) is 5.41 Å². The van der Waals surface area contributed by atoms with Gasteiger partial charge in [0.1, 0.15) is 18.3 Å². The van der Waals surface area contributed by atoms with E-state index in [0.717, 1.165) is 29.6 Å². The molecule has 3 rings (SSSR count). The van der Waals surface area contributed by atoms with E-state index in [1.54, 1.807) is 35.3 Å². The third kappa shape index (κ3) is 4.64. The zero-order valence-electron chi connectivity index (χ0n) is 17.7. The predicted octanol–water partition coefficient (Wildman–Crippen LogP) is 1.25. The summed E-state index contributed by atoms with van der Waals surface area (Å²) in [6.07, 6.45) is 12.3. The molecule has 9 nitrogen and oxygen atoms in total. The molecule has 0 aliphatic rings. The number of aromatic nitrogens is 5. The second kappa shape index (κ2) is 9.29. The molecule has 1 atom stereocenters. The highest BCUT2D eigenvalue weighted by Gasteiger charge is 2.21. The van der Waals surface area contributed by atoms with Gasteiger partial charge in [-0.3, -0.25) is 4.68 Å². The Labute approximate surface area is 175 Å². The van der Waals surface area contributed by atoms with Crippen LogP contribution in [0.1, 0.15) is 45.3 Å². The van der Waals surface area contributed by atoms with Crippen molar-refractivity contribution >= 4 is 17.3 Å². The number of nitrogens with one attached hydrogen (secondary N) is 1. The molecule has 160 valence electrons. The van der Waals surface area contributed by atoms with Crippen LogP contribution in [0.5, 0.6) is 0 Å². The highest BCUT2D eigenvalue weighted by Crippen LogP contribution is 2.26. The molecule has 0 saturated heterocycles. The Bertz CT molecular complexity index is 1030. The van der Waals surface area contributed by atoms with Crippen LogP contribution in [0.3, 0.4) is 0 Å². The SMILES string of the molecule is CCC(CC)n1cc(-c2nc(C(C=N)=C[NH2+]CC(C)(O)CO)cn3nccc23)cn1. The van der Waals surface area contributed by atoms with Gasteiger partial charge in [-0.15, -0.1) is 0 Å². The predicted molar refractivity (Wildman–Crippen MR) is 115 cm³/mol. The van der Waals surface area contributed by atoms with Crippen molar-refractivity contribution < 1.29 is 15.5 Å². The van der Waals surface area contributed by atoms with Crippen LogP contribution >= 0.6 is 0 Å². The molecule has 0 fully saturated rings. The van der Waals surface area contributed by atoms with Crippen LogP contribution in [-0.4, -0.2) is 59.6 Å². The van der Waals surface area contributed by atoms with Crippen LogP contribution in [0.25, 0.3) is 22.3 Å². The zero-order valence-corrected chi connectivity index (χ0v) is 17.7. The zero-order chi connectivity index (χ0) is 21.7. The Kier molecular flexibility index (Phi) is 6.76. The number of hydrogen-bond acceptors (Lipinski definition) is 6. The number of aliphatic hydroxyl groups excluding tert-OH is 1. The van der Waals surface area contributed by atoms with Crippen LogP contribution in [-0.2, 0) is 0 Å². The lowest BCUT2D eigenvalue weighted by Gasteiger charge is -2.16. The van der Waals surface area contributed by atoms with Crippen LogP contribution in [0.2, 0.25) is 0 Å². The van der Waals surface area contributed by atoms with Crippen molar-refractivity contribution in [2.75, 3.05) is 13.2 Å². The van der Waals surface area contributed by atoms with Gasteiger partial charge >= 0.3 is 0 Å². The van der Waals surface area contributed by atoms with Crippen molar-refractivity contribution in [2.45, 2.75) is 45.3 Å². The number of quaternary nitrogens is 1. The minimum absolute atomic E-state index is 0.264. The Morgan fingerprint density at radius 2 is 2.07 bits per heavy atom. The first kappa shape index (κ1) is 21.8. The Hall–Kier alpha value is -2.88. The van der Waals surface area contributed by atoms with E-state index in [-0.39, 0.29) is 13.2 Å². The number of nitrogens with two attached hydrogens (primary N) is 1. The molecule has 0 aromatic carbocycles. The van der Waals surface area contributed by atoms with Gasteiger partial charge in [-0.2, -0.15) is 10.2 Å². The largest absolute Gasteiger partial charge is 0.393 e. The Balaban J connectivity index is 1.99. The summed E-state index contributed by atoms with van der Waals surface area (Å²) in [5, 5.41) is 37.6. The quantitative estimate of drug-likeness (QED) is 0.373. The summed E-state index contributed by atoms with van der Waals surface area (Å²) < 4.78 is 3.72. The lowest BCUT2D eigenvalue weighted by molar-refractivity contribution is -0.602. The lowest BCUT2D eigenvalue weighted by atomic mass is 10.1. The molecule has 5 N–H and O–H groups in total. The highest BCUT2D eigenvalue weighted by atomic mass is 16.3. The van der Waals surface area contributed by atoms with Gasteiger partial charge in [0.05, 0.1) is 53.7 Å². The van der Waals surface area contributed by atoms with Crippen LogP contribution in [0.4, 0.5) is 0 Å². The van der Waals surface area contributed by atoms with Crippen LogP contribution < -0.4 is 5.32 Å². The third-order valence-electron chi connectivity index (χ3n) is 5.23. The number of hydrogen-bond donors (Lipinski definition) is 4. The second-order valence-electron chi connectivity index (χ2n) is 7.68. The molecule has 3 aromatic rings. The van der Waals surface area contributed by atoms with Gasteiger partial charge in [-0.05, 0) is 25.8 Å². The molecule has 0 amide bonds. The maximum absolute atomic E-state index is 9.97. The van der Waals surface area contributed by atoms with Crippen molar-refractivity contribution in [2.24, 2.45) is 0 Å². The van der Waals surface area contributed by atoms with E-state index in [2.05, 4.69) is 24.0 Å². The standard InChI is InChI=1S/C21H29N7O2/c1-4-17(5-2)27-11-16(10-25-27)20-19-6-7-24-28(19)12-18(26-20)15(8-22)9-23-13-21(3,30)14-29/h6-12,17,22-23,29-30H,4-5,13-14H2,1-3H3/p+1. The lowest BCUT2D eigenvalue weighted by Crippen LogP contribution is -2.83. The van der Waals surface area contributed by atoms with Crippen molar-refractivity contribution in [1.29, 1.82) is 5.41 Å². The molecular weight excluding hydrogens is 382 g/mol. The summed E-state index contributed by atoms with van der Waals surface area (Å²) >= 11 is 0. The number of allylic oxidation sites excluding steroid dienone is 1. The maximum atomic E-state index is 9.97. The minimum atomic E-state index is -1.20. The maximum Gasteiger partial charge on any atom is 0.134 e. The number of aliphatic hydroxyl groups is 2. The van der Waals surface area contributed by atoms with E-state index in [0.29, 0.717) is 17.3 Å². The molecule has 9 heteroatoms. The molecule has 3 aromatic heterocycles. The monoisotopic (exact) mass is 412 g/mol. The van der Waals surface area contributed by atoms with E-state index < -0.39 is 5.60 Å². The summed E-state index contributed by atoms with van der Waals surface area (Å²) in [5.74, 6) is 0. The van der Waals surface area contributed by atoms with Gasteiger partial charge < -0.3 is 20.9 Å². The molecule has 0 bridgehead atoms. The summed E-state index contributed by atoms with van der Waals surface area (Å²) in [6.45, 7) is 5.79. The summed E-state index contributed by atoms with van der Waals surface area (Å²) in [4.78, 5) is 4.81. The van der Waals surface area contributed by atoms with Crippen molar-refractivity contribution in [3.8, 4) is 11.3 Å². The third-order valence-corrected chi connectivity index (χ3v) is 5.23. The molecule has 3 heterocycles. The van der Waals surface area contributed by atoms with Gasteiger partial charge in [0, 0.05) is 18.0 Å². The topological polar surface area (TPSA) is 129 Å². The fourth-order valence-corrected chi connectivity index (χ4v) is 3.31. The first-order valence-electron chi connectivity index (χ1n) is 10.2. The number of nitrogens with zero attached hydrogens (tertiary/aromatic N) is 5. The number of fused-ring (bicyclic) bond motifs is 1. The smallest absolute Gasteiger partial charge is 0.134 e. The van der Waals surface area contributed by atoms with E-state index >= 15 is 0 Å². The molecule has 0 saturated carbocycles. The average Bonchev–Trinajstić information content (AvgIpc) is 3.41. The molecular formula is C21H30N7O2+. The summed E-state index contributed by atoms with van der Waals surface area (Å²) in [5.41, 5.74) is 2.47. The molecule has 0 spiro atoms. The number of rotatable bonds is 10. The van der Waals surface area contributed by atoms with Gasteiger partial charge in [0.2, 0.25) is 0 Å². The van der Waals surface area contributed by atoms with Gasteiger partial charge in [0.25, 0.3) is 0 Å². The summed E-state index contributed by atoms with van der Waals surface area (Å²) in [7, 11) is 0. The second-order valence-corrected chi connectivity index (χ2v) is 7.68. The van der Waals surface area contributed by atoms with Gasteiger partial charge in [-0.1, -0.05) is 13.8 Å². The first-order valence-corrected chi connectivity index (χ1v) is 10.2. The average molecular weight is 413 g/mol. The molecule has 0 radical (unpaired) electrons. The Morgan fingerprint density at radius 3 is 2.73 bits per heavy atom. The van der Waals surface area contributed by atoms with Gasteiger partial charge in [0.15, 0.2) is 0 Å². The Morgan fingerprint density at radius 1 is 1.30 bits per heavy atom. The van der Waals surface area contributed by atoms with Crippen molar-refractivity contribution in [3.63, 3.8) is 0 Å². The van der Waals surface area contributed by atoms with E-state index in [1.165, 1.54) is 6.21 Å². The molecule has 30 heavy (non-hydrogen) atoms. The fraction of sp³-hybridized carbons (Fsp3) is 0.429. The highest BCUT2D eigenvalue weighted by molar-refractivity contribution is 6.07. The van der Waals surface area contributed by atoms with Crippen molar-refractivity contribution in [1.82, 2.24) is 24.4 Å². The van der Waals surface area contributed by atoms with E-state index in [4.69, 9.17) is 10.4 Å². The normalized spacial score (nSPS) is 14.4. The fourth-order valence-electron chi connectivity index (χ4n) is 3.31. The summed E-state index contributed by atoms with van der Waals surface area (Å²) in [6, 6.07) is 2.24. The van der Waals surface area contributed by atoms with E-state index in [1.807, 2.05) is 23.1 Å². The molecule has 0 aliphatic carbocycles. The minimum Gasteiger partial charge on any atom is -0.393 e. The van der Waals surface area contributed by atoms with E-state index in [9.17, 15) is 10.2 Å². The molecule has 0 aliphatic heterocycles.